The van der Waals surface area contributed by atoms with Gasteiger partial charge in [-0.3, -0.25) is 13.8 Å². The summed E-state index contributed by atoms with van der Waals surface area (Å²) < 4.78 is 36.0. The maximum absolute atomic E-state index is 13.3. The van der Waals surface area contributed by atoms with Crippen molar-refractivity contribution in [3.8, 4) is 5.75 Å². The van der Waals surface area contributed by atoms with Crippen LogP contribution in [0, 0.1) is 23.7 Å². The first-order valence-corrected chi connectivity index (χ1v) is 13.7. The average molecular weight is 499 g/mol. The van der Waals surface area contributed by atoms with Crippen LogP contribution in [0.1, 0.15) is 50.2 Å². The molecule has 0 radical (unpaired) electrons. The normalized spacial score (nSPS) is 25.0. The number of carbonyl (C=O) groups is 1. The molecule has 4 bridgehead atoms. The number of rotatable bonds is 12. The van der Waals surface area contributed by atoms with Gasteiger partial charge in [-0.2, -0.15) is 0 Å². The first-order valence-electron chi connectivity index (χ1n) is 12.3. The molecule has 4 saturated carbocycles. The Kier molecular flexibility index (Phi) is 8.16. The van der Waals surface area contributed by atoms with Crippen molar-refractivity contribution in [2.75, 3.05) is 20.3 Å². The Morgan fingerprint density at radius 3 is 2.14 bits per heavy atom. The molecule has 4 aliphatic carbocycles. The first kappa shape index (κ1) is 25.7. The lowest BCUT2D eigenvalue weighted by Gasteiger charge is -2.51. The summed E-state index contributed by atoms with van der Waals surface area (Å²) in [5.41, 5.74) is 2.84. The molecule has 0 unspecified atom stereocenters. The van der Waals surface area contributed by atoms with Gasteiger partial charge in [0.2, 0.25) is 0 Å². The summed E-state index contributed by atoms with van der Waals surface area (Å²) in [4.78, 5) is 11.6. The second-order valence-corrected chi connectivity index (χ2v) is 11.3. The van der Waals surface area contributed by atoms with Gasteiger partial charge in [-0.1, -0.05) is 24.3 Å². The molecule has 35 heavy (non-hydrogen) atoms. The largest absolute Gasteiger partial charge is 0.530 e. The quantitative estimate of drug-likeness (QED) is 0.134. The van der Waals surface area contributed by atoms with Crippen molar-refractivity contribution in [3.63, 3.8) is 0 Å². The van der Waals surface area contributed by atoms with Gasteiger partial charge in [0, 0.05) is 11.1 Å². The summed E-state index contributed by atoms with van der Waals surface area (Å²) in [6.45, 7) is 8.66. The monoisotopic (exact) mass is 498 g/mol. The molecule has 0 heterocycles. The molecule has 0 N–H and O–H groups in total. The summed E-state index contributed by atoms with van der Waals surface area (Å²) in [5.74, 6) is 3.85. The Bertz CT molecular complexity index is 1040. The molecule has 4 fully saturated rings. The SMILES string of the molecule is C=CCOP(=O)(OCC=C)Oc1cc(C(OC)=C2C3CC4CC(C3)CC2C4)ccc1/C=C/C(C)=O. The van der Waals surface area contributed by atoms with Gasteiger partial charge in [-0.05, 0) is 86.5 Å². The van der Waals surface area contributed by atoms with Crippen LogP contribution in [0.25, 0.3) is 11.8 Å². The van der Waals surface area contributed by atoms with Gasteiger partial charge in [-0.25, -0.2) is 4.57 Å². The van der Waals surface area contributed by atoms with Gasteiger partial charge in [-0.15, -0.1) is 13.2 Å². The molecule has 5 rings (SSSR count). The van der Waals surface area contributed by atoms with Crippen molar-refractivity contribution >= 4 is 25.4 Å². The van der Waals surface area contributed by atoms with E-state index in [4.69, 9.17) is 18.3 Å². The third-order valence-corrected chi connectivity index (χ3v) is 8.52. The van der Waals surface area contributed by atoms with Crippen LogP contribution in [0.2, 0.25) is 0 Å². The van der Waals surface area contributed by atoms with Crippen LogP contribution in [-0.4, -0.2) is 26.1 Å². The number of ether oxygens (including phenoxy) is 1. The van der Waals surface area contributed by atoms with E-state index in [1.165, 1.54) is 62.8 Å². The standard InChI is InChI=1S/C28H35O6P/c1-5-11-32-35(30,33-12-6-2)34-26-18-23(10-9-22(26)8-7-19(3)29)28(31-4)27-24-14-20-13-21(16-24)17-25(27)15-20/h5-10,18,20-21,24-25H,1-2,11-17H2,3-4H3/b8-7+,28-27?. The van der Waals surface area contributed by atoms with Crippen molar-refractivity contribution in [2.45, 2.75) is 39.0 Å². The van der Waals surface area contributed by atoms with Gasteiger partial charge < -0.3 is 9.26 Å². The summed E-state index contributed by atoms with van der Waals surface area (Å²) in [5, 5.41) is 0. The van der Waals surface area contributed by atoms with E-state index in [0.29, 0.717) is 17.4 Å². The van der Waals surface area contributed by atoms with E-state index < -0.39 is 7.82 Å². The Morgan fingerprint density at radius 1 is 1.03 bits per heavy atom. The zero-order valence-electron chi connectivity index (χ0n) is 20.6. The number of allylic oxidation sites excluding steroid dienone is 2. The van der Waals surface area contributed by atoms with Gasteiger partial charge in [0.1, 0.15) is 11.5 Å². The molecular formula is C28H35O6P. The number of carbonyl (C=O) groups excluding carboxylic acids is 1. The molecule has 1 aromatic rings. The highest BCUT2D eigenvalue weighted by Gasteiger charge is 2.46. The fourth-order valence-corrected chi connectivity index (χ4v) is 7.22. The molecular weight excluding hydrogens is 463 g/mol. The van der Waals surface area contributed by atoms with E-state index in [1.807, 2.05) is 12.1 Å². The minimum absolute atomic E-state index is 0.00814. The lowest BCUT2D eigenvalue weighted by molar-refractivity contribution is -0.112. The predicted molar refractivity (Wildman–Crippen MR) is 138 cm³/mol. The summed E-state index contributed by atoms with van der Waals surface area (Å²) in [6.07, 6.45) is 12.3. The fraction of sp³-hybridized carbons (Fsp3) is 0.464. The zero-order valence-corrected chi connectivity index (χ0v) is 21.5. The third kappa shape index (κ3) is 5.88. The van der Waals surface area contributed by atoms with Gasteiger partial charge in [0.15, 0.2) is 5.78 Å². The number of hydrogen-bond acceptors (Lipinski definition) is 6. The molecule has 0 spiro atoms. The molecule has 0 amide bonds. The average Bonchev–Trinajstić information content (AvgIpc) is 2.82. The Morgan fingerprint density at radius 2 is 1.63 bits per heavy atom. The van der Waals surface area contributed by atoms with Gasteiger partial charge >= 0.3 is 7.82 Å². The van der Waals surface area contributed by atoms with Crippen molar-refractivity contribution in [3.05, 3.63) is 66.3 Å². The van der Waals surface area contributed by atoms with Crippen LogP contribution in [0.4, 0.5) is 0 Å². The van der Waals surface area contributed by atoms with Crippen LogP contribution < -0.4 is 4.52 Å². The highest BCUT2D eigenvalue weighted by molar-refractivity contribution is 7.48. The maximum atomic E-state index is 13.3. The predicted octanol–water partition coefficient (Wildman–Crippen LogP) is 6.99. The molecule has 188 valence electrons. The molecule has 6 nitrogen and oxygen atoms in total. The van der Waals surface area contributed by atoms with E-state index in [2.05, 4.69) is 13.2 Å². The Hall–Kier alpha value is -2.40. The Labute approximate surface area is 208 Å². The zero-order chi connectivity index (χ0) is 25.0. The number of benzene rings is 1. The number of methoxy groups -OCH3 is 1. The summed E-state index contributed by atoms with van der Waals surface area (Å²) in [7, 11) is -2.27. The first-order chi connectivity index (χ1) is 16.9. The van der Waals surface area contributed by atoms with Gasteiger partial charge in [0.05, 0.1) is 20.3 Å². The number of hydrogen-bond donors (Lipinski definition) is 0. The Balaban J connectivity index is 1.74. The van der Waals surface area contributed by atoms with Crippen molar-refractivity contribution in [1.82, 2.24) is 0 Å². The summed E-state index contributed by atoms with van der Waals surface area (Å²) >= 11 is 0. The topological polar surface area (TPSA) is 71.1 Å². The molecule has 0 aromatic heterocycles. The highest BCUT2D eigenvalue weighted by atomic mass is 31.2. The maximum Gasteiger partial charge on any atom is 0.530 e. The fourth-order valence-electron chi connectivity index (χ4n) is 6.06. The van der Waals surface area contributed by atoms with E-state index in [1.54, 1.807) is 19.3 Å². The third-order valence-electron chi connectivity index (χ3n) is 7.17. The molecule has 0 atom stereocenters. The van der Waals surface area contributed by atoms with E-state index in [-0.39, 0.29) is 24.7 Å². The lowest BCUT2D eigenvalue weighted by Crippen LogP contribution is -2.40. The second-order valence-electron chi connectivity index (χ2n) is 9.70. The van der Waals surface area contributed by atoms with Crippen LogP contribution in [0.15, 0.2) is 55.2 Å². The van der Waals surface area contributed by atoms with Crippen molar-refractivity contribution in [2.24, 2.45) is 23.7 Å². The smallest absolute Gasteiger partial charge is 0.496 e. The molecule has 0 aliphatic heterocycles. The molecule has 4 aliphatic rings. The van der Waals surface area contributed by atoms with Crippen LogP contribution in [0.5, 0.6) is 5.75 Å². The number of phosphoric ester groups is 1. The van der Waals surface area contributed by atoms with Gasteiger partial charge in [0.25, 0.3) is 0 Å². The minimum atomic E-state index is -3.98. The van der Waals surface area contributed by atoms with Crippen molar-refractivity contribution < 1.29 is 27.7 Å². The number of phosphoric acid groups is 1. The highest BCUT2D eigenvalue weighted by Crippen LogP contribution is 2.58. The minimum Gasteiger partial charge on any atom is -0.496 e. The van der Waals surface area contributed by atoms with Crippen molar-refractivity contribution in [1.29, 1.82) is 0 Å². The van der Waals surface area contributed by atoms with E-state index in [9.17, 15) is 9.36 Å². The second kappa shape index (κ2) is 11.1. The van der Waals surface area contributed by atoms with Crippen LogP contribution in [0.3, 0.4) is 0 Å². The molecule has 7 heteroatoms. The van der Waals surface area contributed by atoms with Crippen LogP contribution >= 0.6 is 7.82 Å². The molecule has 0 saturated heterocycles. The number of ketones is 1. The lowest BCUT2D eigenvalue weighted by atomic mass is 9.54. The van der Waals surface area contributed by atoms with Crippen LogP contribution in [-0.2, 0) is 23.1 Å². The summed E-state index contributed by atoms with van der Waals surface area (Å²) in [6, 6.07) is 5.60. The molecule has 1 aromatic carbocycles. The van der Waals surface area contributed by atoms with E-state index >= 15 is 0 Å². The van der Waals surface area contributed by atoms with E-state index in [0.717, 1.165) is 23.2 Å².